The summed E-state index contributed by atoms with van der Waals surface area (Å²) >= 11 is 0. The number of fused-ring (bicyclic) bond motifs is 1. The summed E-state index contributed by atoms with van der Waals surface area (Å²) in [6.07, 6.45) is 0.213. The summed E-state index contributed by atoms with van der Waals surface area (Å²) in [7, 11) is -3.52. The number of hydrogen-bond acceptors (Lipinski definition) is 4. The first-order valence-electron chi connectivity index (χ1n) is 8.77. The molecule has 1 amide bonds. The van der Waals surface area contributed by atoms with E-state index >= 15 is 0 Å². The van der Waals surface area contributed by atoms with Gasteiger partial charge in [0.05, 0.1) is 24.5 Å². The number of amides is 1. The topological polar surface area (TPSA) is 75.7 Å². The lowest BCUT2D eigenvalue weighted by Gasteiger charge is -2.34. The number of carbonyl (C=O) groups is 1. The average molecular weight is 388 g/mol. The van der Waals surface area contributed by atoms with Gasteiger partial charge in [-0.1, -0.05) is 35.9 Å². The van der Waals surface area contributed by atoms with Gasteiger partial charge in [-0.05, 0) is 44.0 Å². The maximum absolute atomic E-state index is 12.8. The summed E-state index contributed by atoms with van der Waals surface area (Å²) in [6, 6.07) is 12.7. The highest BCUT2D eigenvalue weighted by atomic mass is 32.2. The van der Waals surface area contributed by atoms with Gasteiger partial charge < -0.3 is 10.1 Å². The van der Waals surface area contributed by atoms with Crippen LogP contribution in [-0.4, -0.2) is 33.2 Å². The molecule has 0 radical (unpaired) electrons. The molecular formula is C20H24N2O4S. The third-order valence-electron chi connectivity index (χ3n) is 4.68. The van der Waals surface area contributed by atoms with E-state index in [4.69, 9.17) is 4.74 Å². The molecule has 2 aromatic carbocycles. The van der Waals surface area contributed by atoms with E-state index in [-0.39, 0.29) is 18.5 Å². The van der Waals surface area contributed by atoms with Crippen molar-refractivity contribution in [1.29, 1.82) is 0 Å². The van der Waals surface area contributed by atoms with E-state index in [1.165, 1.54) is 4.31 Å². The Hall–Kier alpha value is -2.54. The number of sulfonamides is 1. The van der Waals surface area contributed by atoms with Crippen molar-refractivity contribution in [3.63, 3.8) is 0 Å². The van der Waals surface area contributed by atoms with Crippen molar-refractivity contribution in [2.75, 3.05) is 17.1 Å². The third kappa shape index (κ3) is 4.08. The Morgan fingerprint density at radius 1 is 1.22 bits per heavy atom. The summed E-state index contributed by atoms with van der Waals surface area (Å²) in [5.74, 6) is 0.0409. The first kappa shape index (κ1) is 19.2. The molecular weight excluding hydrogens is 364 g/mol. The molecule has 0 saturated heterocycles. The molecule has 0 bridgehead atoms. The molecule has 1 heterocycles. The summed E-state index contributed by atoms with van der Waals surface area (Å²) < 4.78 is 31.4. The number of hydrogen-bond donors (Lipinski definition) is 1. The van der Waals surface area contributed by atoms with Gasteiger partial charge in [0.15, 0.2) is 6.10 Å². The van der Waals surface area contributed by atoms with Crippen LogP contribution in [0.1, 0.15) is 29.7 Å². The van der Waals surface area contributed by atoms with E-state index in [2.05, 4.69) is 11.4 Å². The van der Waals surface area contributed by atoms with E-state index in [1.54, 1.807) is 24.3 Å². The Morgan fingerprint density at radius 2 is 1.93 bits per heavy atom. The quantitative estimate of drug-likeness (QED) is 0.874. The molecule has 2 atom stereocenters. The van der Waals surface area contributed by atoms with E-state index in [0.29, 0.717) is 11.4 Å². The number of nitrogens with one attached hydrogen (secondary N) is 1. The van der Waals surface area contributed by atoms with Gasteiger partial charge in [-0.15, -0.1) is 0 Å². The summed E-state index contributed by atoms with van der Waals surface area (Å²) in [6.45, 7) is 5.87. The van der Waals surface area contributed by atoms with E-state index < -0.39 is 16.1 Å². The fraction of sp³-hybridized carbons (Fsp3) is 0.350. The van der Waals surface area contributed by atoms with Gasteiger partial charge in [0.1, 0.15) is 5.75 Å². The van der Waals surface area contributed by atoms with Gasteiger partial charge >= 0.3 is 0 Å². The van der Waals surface area contributed by atoms with E-state index in [1.807, 2.05) is 32.9 Å². The molecule has 0 fully saturated rings. The van der Waals surface area contributed by atoms with Gasteiger partial charge in [0, 0.05) is 0 Å². The number of anilines is 1. The predicted octanol–water partition coefficient (Wildman–Crippen LogP) is 2.71. The van der Waals surface area contributed by atoms with Crippen LogP contribution in [0.25, 0.3) is 0 Å². The zero-order chi connectivity index (χ0) is 19.8. The first-order valence-corrected chi connectivity index (χ1v) is 10.6. The van der Waals surface area contributed by atoms with Gasteiger partial charge in [-0.25, -0.2) is 8.42 Å². The molecule has 3 rings (SSSR count). The maximum Gasteiger partial charge on any atom is 0.263 e. The third-order valence-corrected chi connectivity index (χ3v) is 5.82. The second kappa shape index (κ2) is 7.23. The molecule has 7 heteroatoms. The van der Waals surface area contributed by atoms with Crippen molar-refractivity contribution in [1.82, 2.24) is 5.32 Å². The largest absolute Gasteiger partial charge is 0.476 e. The molecule has 0 aliphatic carbocycles. The zero-order valence-electron chi connectivity index (χ0n) is 15.9. The Bertz CT molecular complexity index is 972. The van der Waals surface area contributed by atoms with Gasteiger partial charge in [-0.2, -0.15) is 0 Å². The zero-order valence-corrected chi connectivity index (χ0v) is 16.7. The van der Waals surface area contributed by atoms with Crippen LogP contribution in [0.4, 0.5) is 5.69 Å². The number of carbonyl (C=O) groups excluding carboxylic acids is 1. The molecule has 1 aliphatic rings. The summed E-state index contributed by atoms with van der Waals surface area (Å²) in [5, 5.41) is 2.94. The number of ether oxygens (including phenoxy) is 1. The summed E-state index contributed by atoms with van der Waals surface area (Å²) in [4.78, 5) is 12.8. The molecule has 144 valence electrons. The highest BCUT2D eigenvalue weighted by Gasteiger charge is 2.35. The highest BCUT2D eigenvalue weighted by Crippen LogP contribution is 2.34. The lowest BCUT2D eigenvalue weighted by Crippen LogP contribution is -2.50. The predicted molar refractivity (Wildman–Crippen MR) is 106 cm³/mol. The number of aryl methyl sites for hydroxylation is 2. The van der Waals surface area contributed by atoms with Crippen LogP contribution in [0.5, 0.6) is 5.75 Å². The first-order chi connectivity index (χ1) is 12.7. The van der Waals surface area contributed by atoms with E-state index in [9.17, 15) is 13.2 Å². The fourth-order valence-electron chi connectivity index (χ4n) is 3.35. The van der Waals surface area contributed by atoms with Crippen LogP contribution in [-0.2, 0) is 14.8 Å². The molecule has 1 N–H and O–H groups in total. The second-order valence-electron chi connectivity index (χ2n) is 6.96. The van der Waals surface area contributed by atoms with Crippen molar-refractivity contribution >= 4 is 21.6 Å². The normalized spacial score (nSPS) is 17.6. The highest BCUT2D eigenvalue weighted by molar-refractivity contribution is 7.92. The Morgan fingerprint density at radius 3 is 2.59 bits per heavy atom. The molecule has 1 aliphatic heterocycles. The fourth-order valence-corrected chi connectivity index (χ4v) is 4.26. The van der Waals surface area contributed by atoms with Crippen molar-refractivity contribution in [3.05, 3.63) is 59.2 Å². The minimum atomic E-state index is -3.52. The van der Waals surface area contributed by atoms with Crippen LogP contribution < -0.4 is 14.4 Å². The van der Waals surface area contributed by atoms with Crippen molar-refractivity contribution in [2.45, 2.75) is 32.9 Å². The smallest absolute Gasteiger partial charge is 0.263 e. The standard InChI is InChI=1S/C20H24N2O4S/c1-13-9-10-16(14(2)11-13)15(3)21-20(23)19-12-22(27(4,24)25)17-7-5-6-8-18(17)26-19/h5-11,15,19H,12H2,1-4H3,(H,21,23)/t15-,19-/m0/s1. The lowest BCUT2D eigenvalue weighted by molar-refractivity contribution is -0.128. The van der Waals surface area contributed by atoms with Crippen molar-refractivity contribution in [3.8, 4) is 5.75 Å². The lowest BCUT2D eigenvalue weighted by atomic mass is 10.00. The van der Waals surface area contributed by atoms with Crippen LogP contribution in [0, 0.1) is 13.8 Å². The molecule has 0 spiro atoms. The Labute approximate surface area is 160 Å². The molecule has 0 unspecified atom stereocenters. The van der Waals surface area contributed by atoms with Crippen LogP contribution in [0.2, 0.25) is 0 Å². The SMILES string of the molecule is Cc1ccc([C@H](C)NC(=O)[C@@H]2CN(S(C)(=O)=O)c3ccccc3O2)c(C)c1. The van der Waals surface area contributed by atoms with Crippen molar-refractivity contribution < 1.29 is 17.9 Å². The molecule has 0 aromatic heterocycles. The Kier molecular flexibility index (Phi) is 5.15. The molecule has 27 heavy (non-hydrogen) atoms. The monoisotopic (exact) mass is 388 g/mol. The van der Waals surface area contributed by atoms with Crippen LogP contribution in [0.15, 0.2) is 42.5 Å². The Balaban J connectivity index is 1.81. The molecule has 6 nitrogen and oxygen atoms in total. The maximum atomic E-state index is 12.8. The van der Waals surface area contributed by atoms with Crippen molar-refractivity contribution in [2.24, 2.45) is 0 Å². The minimum absolute atomic E-state index is 0.0543. The second-order valence-corrected chi connectivity index (χ2v) is 8.87. The van der Waals surface area contributed by atoms with Gasteiger partial charge in [0.25, 0.3) is 5.91 Å². The van der Waals surface area contributed by atoms with Gasteiger partial charge in [0.2, 0.25) is 10.0 Å². The summed E-state index contributed by atoms with van der Waals surface area (Å²) in [5.41, 5.74) is 3.72. The van der Waals surface area contributed by atoms with Gasteiger partial charge in [-0.3, -0.25) is 9.10 Å². The van der Waals surface area contributed by atoms with E-state index in [0.717, 1.165) is 22.9 Å². The number of benzene rings is 2. The minimum Gasteiger partial charge on any atom is -0.476 e. The van der Waals surface area contributed by atoms with Crippen LogP contribution in [0.3, 0.4) is 0 Å². The molecule has 0 saturated carbocycles. The van der Waals surface area contributed by atoms with Crippen LogP contribution >= 0.6 is 0 Å². The number of nitrogens with zero attached hydrogens (tertiary/aromatic N) is 1. The average Bonchev–Trinajstić information content (AvgIpc) is 2.59. The number of rotatable bonds is 4. The molecule has 2 aromatic rings. The number of para-hydroxylation sites is 2.